The van der Waals surface area contributed by atoms with Crippen LogP contribution in [0.5, 0.6) is 0 Å². The fourth-order valence-corrected chi connectivity index (χ4v) is 1.30. The molecule has 13 heavy (non-hydrogen) atoms. The van der Waals surface area contributed by atoms with Crippen LogP contribution in [0.1, 0.15) is 20.3 Å². The van der Waals surface area contributed by atoms with Crippen LogP contribution in [0.2, 0.25) is 0 Å². The average Bonchev–Trinajstić information content (AvgIpc) is 2.17. The van der Waals surface area contributed by atoms with E-state index >= 15 is 0 Å². The summed E-state index contributed by atoms with van der Waals surface area (Å²) in [5.74, 6) is -0.200. The van der Waals surface area contributed by atoms with Gasteiger partial charge in [0.15, 0.2) is 0 Å². The summed E-state index contributed by atoms with van der Waals surface area (Å²) in [6.45, 7) is 5.83. The molecule has 0 aromatic heterocycles. The highest BCUT2D eigenvalue weighted by molar-refractivity contribution is 5.71. The van der Waals surface area contributed by atoms with Crippen LogP contribution in [0.3, 0.4) is 0 Å². The Hall–Kier alpha value is -0.610. The zero-order valence-corrected chi connectivity index (χ0v) is 8.75. The van der Waals surface area contributed by atoms with Crippen LogP contribution in [0.15, 0.2) is 0 Å². The number of hydrogen-bond donors (Lipinski definition) is 1. The van der Waals surface area contributed by atoms with Crippen LogP contribution in [-0.4, -0.2) is 43.7 Å². The third-order valence-corrected chi connectivity index (χ3v) is 2.23. The molecule has 0 bridgehead atoms. The van der Waals surface area contributed by atoms with Gasteiger partial charge in [-0.1, -0.05) is 13.8 Å². The van der Waals surface area contributed by atoms with E-state index in [0.29, 0.717) is 13.1 Å². The highest BCUT2D eigenvalue weighted by Gasteiger charge is 2.16. The molecule has 0 aromatic carbocycles. The highest BCUT2D eigenvalue weighted by Crippen LogP contribution is 2.02. The molecule has 4 nitrogen and oxygen atoms in total. The van der Waals surface area contributed by atoms with Gasteiger partial charge in [0, 0.05) is 12.6 Å². The van der Waals surface area contributed by atoms with Gasteiger partial charge in [-0.25, -0.2) is 0 Å². The number of carbonyl (C=O) groups is 1. The van der Waals surface area contributed by atoms with E-state index in [2.05, 4.69) is 11.7 Å². The van der Waals surface area contributed by atoms with Gasteiger partial charge in [-0.3, -0.25) is 9.69 Å². The maximum Gasteiger partial charge on any atom is 0.319 e. The first-order valence-corrected chi connectivity index (χ1v) is 4.70. The van der Waals surface area contributed by atoms with Gasteiger partial charge < -0.3 is 10.5 Å². The number of hydrogen-bond acceptors (Lipinski definition) is 4. The third-order valence-electron chi connectivity index (χ3n) is 2.23. The second-order valence-electron chi connectivity index (χ2n) is 2.94. The van der Waals surface area contributed by atoms with Crippen molar-refractivity contribution >= 4 is 5.97 Å². The maximum atomic E-state index is 11.0. The number of ether oxygens (including phenoxy) is 1. The molecule has 0 aliphatic heterocycles. The van der Waals surface area contributed by atoms with Crippen LogP contribution in [0.4, 0.5) is 0 Å². The number of rotatable bonds is 6. The van der Waals surface area contributed by atoms with Gasteiger partial charge in [0.2, 0.25) is 0 Å². The molecule has 0 rings (SSSR count). The van der Waals surface area contributed by atoms with Gasteiger partial charge in [-0.15, -0.1) is 0 Å². The van der Waals surface area contributed by atoms with E-state index < -0.39 is 0 Å². The molecule has 2 N–H and O–H groups in total. The minimum Gasteiger partial charge on any atom is -0.468 e. The molecule has 1 atom stereocenters. The highest BCUT2D eigenvalue weighted by atomic mass is 16.5. The maximum absolute atomic E-state index is 11.0. The first-order chi connectivity index (χ1) is 6.19. The molecule has 0 aromatic rings. The number of esters is 1. The van der Waals surface area contributed by atoms with E-state index in [1.54, 1.807) is 0 Å². The Morgan fingerprint density at radius 2 is 2.15 bits per heavy atom. The molecule has 78 valence electrons. The lowest BCUT2D eigenvalue weighted by Crippen LogP contribution is -2.43. The van der Waals surface area contributed by atoms with Gasteiger partial charge in [0.1, 0.15) is 0 Å². The molecule has 0 aliphatic rings. The summed E-state index contributed by atoms with van der Waals surface area (Å²) in [5, 5.41) is 0. The SMILES string of the molecule is CCC(CN)N(CC)CC(=O)OC. The molecule has 0 heterocycles. The van der Waals surface area contributed by atoms with Gasteiger partial charge in [0.05, 0.1) is 13.7 Å². The Morgan fingerprint density at radius 1 is 1.54 bits per heavy atom. The quantitative estimate of drug-likeness (QED) is 0.606. The molecule has 0 aliphatic carbocycles. The van der Waals surface area contributed by atoms with E-state index in [9.17, 15) is 4.79 Å². The first-order valence-electron chi connectivity index (χ1n) is 4.70. The molecule has 4 heteroatoms. The Balaban J connectivity index is 4.06. The van der Waals surface area contributed by atoms with Gasteiger partial charge in [0.25, 0.3) is 0 Å². The van der Waals surface area contributed by atoms with Crippen LogP contribution < -0.4 is 5.73 Å². The molecular weight excluding hydrogens is 168 g/mol. The van der Waals surface area contributed by atoms with E-state index in [0.717, 1.165) is 13.0 Å². The lowest BCUT2D eigenvalue weighted by Gasteiger charge is -2.27. The molecule has 0 spiro atoms. The van der Waals surface area contributed by atoms with Crippen molar-refractivity contribution < 1.29 is 9.53 Å². The molecule has 0 radical (unpaired) electrons. The zero-order valence-electron chi connectivity index (χ0n) is 8.75. The normalized spacial score (nSPS) is 13.0. The first kappa shape index (κ1) is 12.4. The lowest BCUT2D eigenvalue weighted by atomic mass is 10.2. The van der Waals surface area contributed by atoms with Crippen LogP contribution in [0, 0.1) is 0 Å². The predicted molar refractivity (Wildman–Crippen MR) is 52.4 cm³/mol. The molecule has 1 unspecified atom stereocenters. The largest absolute Gasteiger partial charge is 0.468 e. The van der Waals surface area contributed by atoms with Crippen molar-refractivity contribution in [2.45, 2.75) is 26.3 Å². The number of likely N-dealkylation sites (N-methyl/N-ethyl adjacent to an activating group) is 1. The number of nitrogens with two attached hydrogens (primary N) is 1. The van der Waals surface area contributed by atoms with Crippen molar-refractivity contribution in [1.82, 2.24) is 4.90 Å². The van der Waals surface area contributed by atoms with Crippen LogP contribution in [-0.2, 0) is 9.53 Å². The third kappa shape index (κ3) is 4.24. The second-order valence-corrected chi connectivity index (χ2v) is 2.94. The molecular formula is C9H20N2O2. The van der Waals surface area contributed by atoms with Crippen molar-refractivity contribution in [3.05, 3.63) is 0 Å². The van der Waals surface area contributed by atoms with Crippen molar-refractivity contribution in [2.75, 3.05) is 26.7 Å². The monoisotopic (exact) mass is 188 g/mol. The summed E-state index contributed by atoms with van der Waals surface area (Å²) in [6.07, 6.45) is 0.960. The van der Waals surface area contributed by atoms with Crippen molar-refractivity contribution in [3.63, 3.8) is 0 Å². The van der Waals surface area contributed by atoms with E-state index in [-0.39, 0.29) is 12.0 Å². The zero-order chi connectivity index (χ0) is 10.3. The summed E-state index contributed by atoms with van der Waals surface area (Å²) in [4.78, 5) is 13.0. The number of nitrogens with zero attached hydrogens (tertiary/aromatic N) is 1. The summed E-state index contributed by atoms with van der Waals surface area (Å²) < 4.78 is 4.60. The second kappa shape index (κ2) is 6.86. The van der Waals surface area contributed by atoms with E-state index in [4.69, 9.17) is 5.73 Å². The molecule has 0 fully saturated rings. The average molecular weight is 188 g/mol. The van der Waals surface area contributed by atoms with Gasteiger partial charge in [-0.2, -0.15) is 0 Å². The Labute approximate surface area is 80.0 Å². The summed E-state index contributed by atoms with van der Waals surface area (Å²) in [6, 6.07) is 0.282. The lowest BCUT2D eigenvalue weighted by molar-refractivity contribution is -0.142. The van der Waals surface area contributed by atoms with Crippen molar-refractivity contribution in [3.8, 4) is 0 Å². The fraction of sp³-hybridized carbons (Fsp3) is 0.889. The smallest absolute Gasteiger partial charge is 0.319 e. The molecule has 0 saturated heterocycles. The summed E-state index contributed by atoms with van der Waals surface area (Å²) >= 11 is 0. The number of carbonyl (C=O) groups excluding carboxylic acids is 1. The Bertz CT molecular complexity index is 147. The van der Waals surface area contributed by atoms with Crippen LogP contribution in [0.25, 0.3) is 0 Å². The minimum atomic E-state index is -0.200. The minimum absolute atomic E-state index is 0.200. The van der Waals surface area contributed by atoms with Gasteiger partial charge in [-0.05, 0) is 13.0 Å². The van der Waals surface area contributed by atoms with E-state index in [1.165, 1.54) is 7.11 Å². The molecule has 0 amide bonds. The van der Waals surface area contributed by atoms with Crippen molar-refractivity contribution in [2.24, 2.45) is 5.73 Å². The molecule has 0 saturated carbocycles. The van der Waals surface area contributed by atoms with Crippen molar-refractivity contribution in [1.29, 1.82) is 0 Å². The van der Waals surface area contributed by atoms with E-state index in [1.807, 2.05) is 11.8 Å². The summed E-state index contributed by atoms with van der Waals surface area (Å²) in [7, 11) is 1.40. The summed E-state index contributed by atoms with van der Waals surface area (Å²) in [5.41, 5.74) is 5.58. The standard InChI is InChI=1S/C9H20N2O2/c1-4-8(6-10)11(5-2)7-9(12)13-3/h8H,4-7,10H2,1-3H3. The van der Waals surface area contributed by atoms with Crippen LogP contribution >= 0.6 is 0 Å². The fourth-order valence-electron chi connectivity index (χ4n) is 1.30. The van der Waals surface area contributed by atoms with Gasteiger partial charge >= 0.3 is 5.97 Å². The number of methoxy groups -OCH3 is 1. The Kier molecular flexibility index (Phi) is 6.54. The topological polar surface area (TPSA) is 55.6 Å². The predicted octanol–water partition coefficient (Wildman–Crippen LogP) is 0.219. The Morgan fingerprint density at radius 3 is 2.46 bits per heavy atom.